The van der Waals surface area contributed by atoms with E-state index in [1.54, 1.807) is 13.0 Å². The van der Waals surface area contributed by atoms with Gasteiger partial charge in [-0.1, -0.05) is 12.2 Å². The summed E-state index contributed by atoms with van der Waals surface area (Å²) in [6, 6.07) is 0. The summed E-state index contributed by atoms with van der Waals surface area (Å²) in [5.74, 6) is -0.637. The van der Waals surface area contributed by atoms with Crippen molar-refractivity contribution in [3.8, 4) is 0 Å². The van der Waals surface area contributed by atoms with Crippen LogP contribution in [0.4, 0.5) is 0 Å². The maximum atomic E-state index is 12.1. The molecule has 0 heterocycles. The van der Waals surface area contributed by atoms with Crippen molar-refractivity contribution >= 4 is 11.9 Å². The Labute approximate surface area is 120 Å². The van der Waals surface area contributed by atoms with Gasteiger partial charge in [0, 0.05) is 6.42 Å². The van der Waals surface area contributed by atoms with Gasteiger partial charge in [0.15, 0.2) is 5.41 Å². The zero-order valence-electron chi connectivity index (χ0n) is 12.6. The fraction of sp³-hybridized carbons (Fsp3) is 0.562. The van der Waals surface area contributed by atoms with Crippen molar-refractivity contribution in [1.82, 2.24) is 0 Å². The molecule has 0 spiro atoms. The molecule has 1 rings (SSSR count). The van der Waals surface area contributed by atoms with E-state index in [1.165, 1.54) is 33.1 Å². The van der Waals surface area contributed by atoms with Crippen LogP contribution in [0.3, 0.4) is 0 Å². The number of hydrogen-bond donors (Lipinski definition) is 0. The molecule has 0 saturated heterocycles. The van der Waals surface area contributed by atoms with E-state index in [0.717, 1.165) is 5.57 Å². The van der Waals surface area contributed by atoms with Gasteiger partial charge in [0.1, 0.15) is 0 Å². The van der Waals surface area contributed by atoms with E-state index in [2.05, 4.69) is 5.73 Å². The lowest BCUT2D eigenvalue weighted by atomic mass is 9.81. The molecular formula is C16H22O4. The van der Waals surface area contributed by atoms with Crippen LogP contribution in [0.15, 0.2) is 29.5 Å². The summed E-state index contributed by atoms with van der Waals surface area (Å²) in [5, 5.41) is 0. The number of esters is 2. The molecule has 4 heteroatoms. The summed E-state index contributed by atoms with van der Waals surface area (Å²) in [5.41, 5.74) is 2.56. The number of allylic oxidation sites excluding steroid dienone is 2. The van der Waals surface area contributed by atoms with Crippen LogP contribution in [-0.4, -0.2) is 26.2 Å². The minimum Gasteiger partial charge on any atom is -0.468 e. The number of hydrogen-bond acceptors (Lipinski definition) is 4. The number of carbonyl (C=O) groups excluding carboxylic acids is 2. The quantitative estimate of drug-likeness (QED) is 0.324. The molecule has 0 atom stereocenters. The molecule has 0 aromatic heterocycles. The van der Waals surface area contributed by atoms with Gasteiger partial charge in [-0.05, 0) is 44.3 Å². The Morgan fingerprint density at radius 2 is 1.80 bits per heavy atom. The summed E-state index contributed by atoms with van der Waals surface area (Å²) in [6.45, 7) is 3.60. The Kier molecular flexibility index (Phi) is 5.78. The SMILES string of the molecule is C/C=C/C(CC(C)=C=CC1CC1)(C(=O)OC)C(=O)OC. The summed E-state index contributed by atoms with van der Waals surface area (Å²) in [6.07, 6.45) is 7.78. The highest BCUT2D eigenvalue weighted by Gasteiger charge is 2.46. The smallest absolute Gasteiger partial charge is 0.327 e. The van der Waals surface area contributed by atoms with Crippen molar-refractivity contribution < 1.29 is 19.1 Å². The van der Waals surface area contributed by atoms with Crippen LogP contribution in [0.5, 0.6) is 0 Å². The van der Waals surface area contributed by atoms with Crippen LogP contribution in [0, 0.1) is 11.3 Å². The second kappa shape index (κ2) is 7.11. The highest BCUT2D eigenvalue weighted by molar-refractivity contribution is 6.02. The summed E-state index contributed by atoms with van der Waals surface area (Å²) in [4.78, 5) is 24.2. The maximum absolute atomic E-state index is 12.1. The number of rotatable bonds is 6. The van der Waals surface area contributed by atoms with Gasteiger partial charge in [0.05, 0.1) is 14.2 Å². The van der Waals surface area contributed by atoms with Crippen molar-refractivity contribution in [2.75, 3.05) is 14.2 Å². The van der Waals surface area contributed by atoms with E-state index in [4.69, 9.17) is 9.47 Å². The van der Waals surface area contributed by atoms with Gasteiger partial charge in [0.2, 0.25) is 0 Å². The Morgan fingerprint density at radius 3 is 2.20 bits per heavy atom. The number of carbonyl (C=O) groups is 2. The van der Waals surface area contributed by atoms with Gasteiger partial charge >= 0.3 is 11.9 Å². The van der Waals surface area contributed by atoms with Crippen LogP contribution in [0.2, 0.25) is 0 Å². The van der Waals surface area contributed by atoms with Crippen LogP contribution < -0.4 is 0 Å². The van der Waals surface area contributed by atoms with Gasteiger partial charge in [-0.2, -0.15) is 0 Å². The van der Waals surface area contributed by atoms with Gasteiger partial charge in [-0.25, -0.2) is 0 Å². The van der Waals surface area contributed by atoms with Crippen molar-refractivity contribution in [1.29, 1.82) is 0 Å². The molecule has 0 N–H and O–H groups in total. The van der Waals surface area contributed by atoms with Crippen molar-refractivity contribution in [2.45, 2.75) is 33.1 Å². The minimum atomic E-state index is -1.42. The third-order valence-corrected chi connectivity index (χ3v) is 3.28. The first-order valence-corrected chi connectivity index (χ1v) is 6.73. The topological polar surface area (TPSA) is 52.6 Å². The molecule has 1 saturated carbocycles. The molecule has 4 nitrogen and oxygen atoms in total. The van der Waals surface area contributed by atoms with Gasteiger partial charge in [-0.15, -0.1) is 5.73 Å². The zero-order chi connectivity index (χ0) is 15.2. The second-order valence-electron chi connectivity index (χ2n) is 5.06. The molecule has 1 fully saturated rings. The molecule has 0 aromatic rings. The third kappa shape index (κ3) is 3.84. The molecule has 1 aliphatic rings. The highest BCUT2D eigenvalue weighted by Crippen LogP contribution is 2.33. The van der Waals surface area contributed by atoms with E-state index < -0.39 is 17.4 Å². The van der Waals surface area contributed by atoms with Crippen molar-refractivity contribution in [2.24, 2.45) is 11.3 Å². The normalized spacial score (nSPS) is 14.6. The highest BCUT2D eigenvalue weighted by atomic mass is 16.5. The Balaban J connectivity index is 3.10. The predicted octanol–water partition coefficient (Wildman–Crippen LogP) is 2.80. The van der Waals surface area contributed by atoms with Crippen LogP contribution >= 0.6 is 0 Å². The summed E-state index contributed by atoms with van der Waals surface area (Å²) >= 11 is 0. The first kappa shape index (κ1) is 16.3. The molecule has 1 aliphatic carbocycles. The molecule has 0 aromatic carbocycles. The fourth-order valence-corrected chi connectivity index (χ4v) is 2.06. The molecule has 110 valence electrons. The molecule has 0 radical (unpaired) electrons. The lowest BCUT2D eigenvalue weighted by molar-refractivity contribution is -0.165. The number of ether oxygens (including phenoxy) is 2. The van der Waals surface area contributed by atoms with E-state index in [-0.39, 0.29) is 6.42 Å². The summed E-state index contributed by atoms with van der Waals surface area (Å²) in [7, 11) is 2.53. The zero-order valence-corrected chi connectivity index (χ0v) is 12.6. The molecule has 20 heavy (non-hydrogen) atoms. The molecule has 0 aliphatic heterocycles. The standard InChI is InChI=1S/C16H22O4/c1-5-10-16(14(17)19-3,15(18)20-4)11-12(2)6-7-13-8-9-13/h5,7,10,13H,8-9,11H2,1-4H3/b10-5+. The van der Waals surface area contributed by atoms with Crippen LogP contribution in [0.25, 0.3) is 0 Å². The van der Waals surface area contributed by atoms with E-state index in [9.17, 15) is 9.59 Å². The maximum Gasteiger partial charge on any atom is 0.327 e. The van der Waals surface area contributed by atoms with E-state index >= 15 is 0 Å². The molecule has 0 amide bonds. The molecule has 0 unspecified atom stereocenters. The largest absolute Gasteiger partial charge is 0.468 e. The van der Waals surface area contributed by atoms with Crippen LogP contribution in [-0.2, 0) is 19.1 Å². The predicted molar refractivity (Wildman–Crippen MR) is 75.9 cm³/mol. The van der Waals surface area contributed by atoms with Gasteiger partial charge in [-0.3, -0.25) is 9.59 Å². The van der Waals surface area contributed by atoms with Crippen molar-refractivity contribution in [3.63, 3.8) is 0 Å². The molecule has 0 bridgehead atoms. The average Bonchev–Trinajstić information content (AvgIpc) is 3.26. The first-order chi connectivity index (χ1) is 9.50. The van der Waals surface area contributed by atoms with E-state index in [1.807, 2.05) is 13.0 Å². The monoisotopic (exact) mass is 278 g/mol. The Morgan fingerprint density at radius 1 is 1.25 bits per heavy atom. The van der Waals surface area contributed by atoms with Gasteiger partial charge < -0.3 is 9.47 Å². The minimum absolute atomic E-state index is 0.208. The lowest BCUT2D eigenvalue weighted by Crippen LogP contribution is -2.39. The second-order valence-corrected chi connectivity index (χ2v) is 5.06. The average molecular weight is 278 g/mol. The Bertz CT molecular complexity index is 447. The van der Waals surface area contributed by atoms with Crippen LogP contribution in [0.1, 0.15) is 33.1 Å². The number of methoxy groups -OCH3 is 2. The van der Waals surface area contributed by atoms with E-state index in [0.29, 0.717) is 5.92 Å². The summed E-state index contributed by atoms with van der Waals surface area (Å²) < 4.78 is 9.58. The van der Waals surface area contributed by atoms with Crippen molar-refractivity contribution in [3.05, 3.63) is 29.5 Å². The third-order valence-electron chi connectivity index (χ3n) is 3.28. The Hall–Kier alpha value is -1.80. The molecular weight excluding hydrogens is 256 g/mol. The fourth-order valence-electron chi connectivity index (χ4n) is 2.06. The van der Waals surface area contributed by atoms with Gasteiger partial charge in [0.25, 0.3) is 0 Å². The first-order valence-electron chi connectivity index (χ1n) is 6.73. The lowest BCUT2D eigenvalue weighted by Gasteiger charge is -2.24.